The summed E-state index contributed by atoms with van der Waals surface area (Å²) in [5.74, 6) is -0.0780. The zero-order chi connectivity index (χ0) is 24.3. The minimum atomic E-state index is -0.776. The monoisotopic (exact) mass is 474 g/mol. The number of carbonyl (C=O) groups excluding carboxylic acids is 2. The zero-order valence-electron chi connectivity index (χ0n) is 21.0. The van der Waals surface area contributed by atoms with Crippen molar-refractivity contribution >= 4 is 12.1 Å². The predicted molar refractivity (Wildman–Crippen MR) is 117 cm³/mol. The number of ether oxygens (including phenoxy) is 6. The first-order valence-electron chi connectivity index (χ1n) is 12.6. The molecular formula is C26H34O8. The molecule has 4 aliphatic heterocycles. The van der Waals surface area contributed by atoms with Gasteiger partial charge in [0.05, 0.1) is 6.10 Å². The van der Waals surface area contributed by atoms with Crippen LogP contribution in [0.5, 0.6) is 0 Å². The molecule has 9 unspecified atom stereocenters. The van der Waals surface area contributed by atoms with Gasteiger partial charge in [-0.25, -0.2) is 9.59 Å². The number of epoxide rings is 3. The van der Waals surface area contributed by atoms with Gasteiger partial charge in [0.25, 0.3) is 0 Å². The topological polar surface area (TPSA) is 99.4 Å². The quantitative estimate of drug-likeness (QED) is 0.443. The van der Waals surface area contributed by atoms with Crippen molar-refractivity contribution in [2.24, 2.45) is 16.7 Å². The van der Waals surface area contributed by atoms with Gasteiger partial charge in [-0.05, 0) is 51.5 Å². The van der Waals surface area contributed by atoms with E-state index in [4.69, 9.17) is 28.4 Å². The summed E-state index contributed by atoms with van der Waals surface area (Å²) in [5.41, 5.74) is -1.44. The number of hydrogen-bond acceptors (Lipinski definition) is 8. The molecular weight excluding hydrogens is 440 g/mol. The van der Waals surface area contributed by atoms with Gasteiger partial charge in [-0.15, -0.1) is 0 Å². The third-order valence-corrected chi connectivity index (χ3v) is 10.4. The summed E-state index contributed by atoms with van der Waals surface area (Å²) < 4.78 is 37.0. The van der Waals surface area contributed by atoms with E-state index >= 15 is 0 Å². The van der Waals surface area contributed by atoms with Crippen molar-refractivity contribution in [2.45, 2.75) is 115 Å². The SMILES string of the molecule is CC(C)C12OC1C1OC13C1(OC1CC1(C)C4=C(CCC13C)C(=O)OC4)C2OC(=O)OC(C)(C)C. The van der Waals surface area contributed by atoms with E-state index in [-0.39, 0.29) is 41.0 Å². The van der Waals surface area contributed by atoms with Crippen molar-refractivity contribution < 1.29 is 38.0 Å². The van der Waals surface area contributed by atoms with Crippen LogP contribution < -0.4 is 0 Å². The van der Waals surface area contributed by atoms with Gasteiger partial charge in [0.2, 0.25) is 0 Å². The predicted octanol–water partition coefficient (Wildman–Crippen LogP) is 3.45. The van der Waals surface area contributed by atoms with Crippen LogP contribution in [-0.2, 0) is 33.2 Å². The molecule has 5 fully saturated rings. The fourth-order valence-electron chi connectivity index (χ4n) is 8.60. The molecule has 0 aromatic heterocycles. The summed E-state index contributed by atoms with van der Waals surface area (Å²) in [6, 6.07) is 0. The number of cyclic esters (lactones) is 1. The van der Waals surface area contributed by atoms with E-state index < -0.39 is 34.7 Å². The molecule has 9 atom stereocenters. The molecule has 3 aliphatic carbocycles. The Morgan fingerprint density at radius 2 is 1.85 bits per heavy atom. The number of hydrogen-bond donors (Lipinski definition) is 0. The fraction of sp³-hybridized carbons (Fsp3) is 0.846. The lowest BCUT2D eigenvalue weighted by Crippen LogP contribution is -2.72. The Labute approximate surface area is 199 Å². The number of carbonyl (C=O) groups is 2. The van der Waals surface area contributed by atoms with E-state index in [2.05, 4.69) is 27.7 Å². The van der Waals surface area contributed by atoms with Crippen LogP contribution in [-0.4, -0.2) is 65.6 Å². The molecule has 7 aliphatic rings. The molecule has 8 heteroatoms. The van der Waals surface area contributed by atoms with Crippen LogP contribution in [0.25, 0.3) is 0 Å². The van der Waals surface area contributed by atoms with Gasteiger partial charge in [-0.1, -0.05) is 27.7 Å². The molecule has 0 aromatic carbocycles. The average molecular weight is 475 g/mol. The Morgan fingerprint density at radius 1 is 1.12 bits per heavy atom. The highest BCUT2D eigenvalue weighted by atomic mass is 16.8. The summed E-state index contributed by atoms with van der Waals surface area (Å²) >= 11 is 0. The van der Waals surface area contributed by atoms with E-state index in [9.17, 15) is 9.59 Å². The zero-order valence-corrected chi connectivity index (χ0v) is 21.0. The van der Waals surface area contributed by atoms with Crippen LogP contribution in [0.4, 0.5) is 4.79 Å². The van der Waals surface area contributed by atoms with Gasteiger partial charge in [-0.2, -0.15) is 0 Å². The lowest BCUT2D eigenvalue weighted by molar-refractivity contribution is -0.137. The highest BCUT2D eigenvalue weighted by Crippen LogP contribution is 2.85. The Bertz CT molecular complexity index is 1070. The highest BCUT2D eigenvalue weighted by Gasteiger charge is 3.02. The van der Waals surface area contributed by atoms with Gasteiger partial charge in [0.1, 0.15) is 35.6 Å². The molecule has 0 amide bonds. The molecule has 34 heavy (non-hydrogen) atoms. The van der Waals surface area contributed by atoms with Crippen molar-refractivity contribution in [2.75, 3.05) is 6.61 Å². The van der Waals surface area contributed by atoms with Crippen molar-refractivity contribution in [3.63, 3.8) is 0 Å². The van der Waals surface area contributed by atoms with Crippen molar-refractivity contribution in [3.05, 3.63) is 11.1 Å². The number of fused-ring (bicyclic) bond motifs is 4. The molecule has 0 aromatic rings. The second-order valence-corrected chi connectivity index (χ2v) is 13.1. The summed E-state index contributed by atoms with van der Waals surface area (Å²) in [6.07, 6.45) is 0.405. The summed E-state index contributed by atoms with van der Waals surface area (Å²) in [4.78, 5) is 25.4. The molecule has 0 radical (unpaired) electrons. The maximum Gasteiger partial charge on any atom is 0.509 e. The largest absolute Gasteiger partial charge is 0.509 e. The second kappa shape index (κ2) is 5.68. The average Bonchev–Trinajstić information content (AvgIpc) is 3.61. The van der Waals surface area contributed by atoms with Gasteiger partial charge < -0.3 is 28.4 Å². The van der Waals surface area contributed by atoms with E-state index in [0.29, 0.717) is 13.0 Å². The Kier molecular flexibility index (Phi) is 3.61. The van der Waals surface area contributed by atoms with Crippen LogP contribution in [0.3, 0.4) is 0 Å². The van der Waals surface area contributed by atoms with Gasteiger partial charge in [-0.3, -0.25) is 0 Å². The van der Waals surface area contributed by atoms with E-state index in [0.717, 1.165) is 24.0 Å². The lowest BCUT2D eigenvalue weighted by Gasteiger charge is -2.59. The summed E-state index contributed by atoms with van der Waals surface area (Å²) in [6.45, 7) is 14.5. The molecule has 2 spiro atoms. The molecule has 0 bridgehead atoms. The van der Waals surface area contributed by atoms with E-state index in [1.165, 1.54) is 0 Å². The Morgan fingerprint density at radius 3 is 2.53 bits per heavy atom. The molecule has 0 N–H and O–H groups in total. The minimum absolute atomic E-state index is 0.106. The standard InChI is InChI=1S/C26H34O8/c1-12(2)24-16(32-24)17-26(33-17)23(7)9-8-13-14(11-29-18(13)27)22(23,6)10-15-25(26,31-15)19(24)30-20(28)34-21(3,4)5/h12,15-17,19H,8-11H2,1-7H3. The maximum atomic E-state index is 13.0. The first-order chi connectivity index (χ1) is 15.8. The Hall–Kier alpha value is -1.64. The first kappa shape index (κ1) is 21.6. The normalized spacial score (nSPS) is 53.5. The molecule has 186 valence electrons. The van der Waals surface area contributed by atoms with E-state index in [1.54, 1.807) is 0 Å². The smallest absolute Gasteiger partial charge is 0.458 e. The number of rotatable bonds is 2. The summed E-state index contributed by atoms with van der Waals surface area (Å²) in [7, 11) is 0. The lowest BCUT2D eigenvalue weighted by atomic mass is 9.41. The fourth-order valence-corrected chi connectivity index (χ4v) is 8.60. The van der Waals surface area contributed by atoms with Gasteiger partial charge in [0, 0.05) is 16.4 Å². The minimum Gasteiger partial charge on any atom is -0.458 e. The van der Waals surface area contributed by atoms with Crippen LogP contribution in [0.15, 0.2) is 11.1 Å². The Balaban J connectivity index is 1.34. The maximum absolute atomic E-state index is 13.0. The van der Waals surface area contributed by atoms with Crippen molar-refractivity contribution in [1.29, 1.82) is 0 Å². The van der Waals surface area contributed by atoms with Crippen LogP contribution in [0.1, 0.15) is 67.7 Å². The summed E-state index contributed by atoms with van der Waals surface area (Å²) in [5, 5.41) is 0. The molecule has 7 rings (SSSR count). The third-order valence-electron chi connectivity index (χ3n) is 10.4. The molecule has 4 heterocycles. The van der Waals surface area contributed by atoms with Crippen molar-refractivity contribution in [3.8, 4) is 0 Å². The highest BCUT2D eigenvalue weighted by molar-refractivity contribution is 5.92. The van der Waals surface area contributed by atoms with Crippen LogP contribution >= 0.6 is 0 Å². The third kappa shape index (κ3) is 2.04. The molecule has 2 saturated carbocycles. The van der Waals surface area contributed by atoms with Gasteiger partial charge >= 0.3 is 12.1 Å². The molecule has 8 nitrogen and oxygen atoms in total. The second-order valence-electron chi connectivity index (χ2n) is 13.1. The first-order valence-corrected chi connectivity index (χ1v) is 12.6. The van der Waals surface area contributed by atoms with Gasteiger partial charge in [0.15, 0.2) is 11.7 Å². The van der Waals surface area contributed by atoms with Crippen LogP contribution in [0, 0.1) is 16.7 Å². The molecule has 3 saturated heterocycles. The van der Waals surface area contributed by atoms with Crippen LogP contribution in [0.2, 0.25) is 0 Å². The van der Waals surface area contributed by atoms with E-state index in [1.807, 2.05) is 20.8 Å². The van der Waals surface area contributed by atoms with Crippen molar-refractivity contribution in [1.82, 2.24) is 0 Å². The number of esters is 1.